The number of rotatable bonds is 2. The van der Waals surface area contributed by atoms with Gasteiger partial charge in [0.05, 0.1) is 0 Å². The Hall–Kier alpha value is -1.06. The van der Waals surface area contributed by atoms with Gasteiger partial charge in [0.1, 0.15) is 6.04 Å². The molecule has 66 valence electrons. The summed E-state index contributed by atoms with van der Waals surface area (Å²) in [5, 5.41) is 5.89. The number of nitrogens with zero attached hydrogens (tertiary/aromatic N) is 1. The van der Waals surface area contributed by atoms with Gasteiger partial charge in [0.25, 0.3) is 5.91 Å². The van der Waals surface area contributed by atoms with Crippen molar-refractivity contribution in [3.8, 4) is 0 Å². The van der Waals surface area contributed by atoms with Crippen LogP contribution in [-0.2, 0) is 4.79 Å². The third-order valence-corrected chi connectivity index (χ3v) is 2.13. The molecule has 0 spiro atoms. The molecule has 4 heteroatoms. The smallest absolute Gasteiger partial charge is 0.251 e. The van der Waals surface area contributed by atoms with Crippen LogP contribution in [0.1, 0.15) is 26.2 Å². The van der Waals surface area contributed by atoms with E-state index in [1.807, 2.05) is 6.92 Å². The summed E-state index contributed by atoms with van der Waals surface area (Å²) in [7, 11) is 0. The van der Waals surface area contributed by atoms with E-state index in [0.717, 1.165) is 6.42 Å². The van der Waals surface area contributed by atoms with E-state index >= 15 is 0 Å². The van der Waals surface area contributed by atoms with Crippen LogP contribution >= 0.6 is 0 Å². The molecule has 0 saturated heterocycles. The molecule has 1 unspecified atom stereocenters. The highest BCUT2D eigenvalue weighted by Crippen LogP contribution is 2.19. The van der Waals surface area contributed by atoms with Gasteiger partial charge in [-0.05, 0) is 19.3 Å². The SMILES string of the molecule is CCC1N=C(NC2CC2)NC1=O. The van der Waals surface area contributed by atoms with E-state index < -0.39 is 0 Å². The largest absolute Gasteiger partial charge is 0.353 e. The van der Waals surface area contributed by atoms with Crippen LogP contribution in [0.25, 0.3) is 0 Å². The molecule has 1 fully saturated rings. The van der Waals surface area contributed by atoms with Crippen molar-refractivity contribution < 1.29 is 4.79 Å². The third kappa shape index (κ3) is 1.42. The van der Waals surface area contributed by atoms with Crippen LogP contribution in [0.4, 0.5) is 0 Å². The van der Waals surface area contributed by atoms with E-state index in [1.165, 1.54) is 12.8 Å². The molecule has 0 bridgehead atoms. The summed E-state index contributed by atoms with van der Waals surface area (Å²) < 4.78 is 0. The normalized spacial score (nSPS) is 28.2. The van der Waals surface area contributed by atoms with Crippen molar-refractivity contribution in [3.63, 3.8) is 0 Å². The minimum atomic E-state index is -0.161. The molecular weight excluding hydrogens is 154 g/mol. The fourth-order valence-electron chi connectivity index (χ4n) is 1.22. The van der Waals surface area contributed by atoms with Crippen molar-refractivity contribution in [2.24, 2.45) is 4.99 Å². The maximum Gasteiger partial charge on any atom is 0.251 e. The van der Waals surface area contributed by atoms with Crippen molar-refractivity contribution in [3.05, 3.63) is 0 Å². The number of guanidine groups is 1. The second kappa shape index (κ2) is 2.77. The predicted molar refractivity (Wildman–Crippen MR) is 45.8 cm³/mol. The molecule has 1 heterocycles. The quantitative estimate of drug-likeness (QED) is 0.608. The molecule has 1 atom stereocenters. The van der Waals surface area contributed by atoms with Gasteiger partial charge in [-0.1, -0.05) is 6.92 Å². The number of aliphatic imine (C=N–C) groups is 1. The summed E-state index contributed by atoms with van der Waals surface area (Å²) >= 11 is 0. The maximum absolute atomic E-state index is 11.2. The Balaban J connectivity index is 1.93. The van der Waals surface area contributed by atoms with E-state index in [2.05, 4.69) is 15.6 Å². The monoisotopic (exact) mass is 167 g/mol. The van der Waals surface area contributed by atoms with Crippen LogP contribution in [-0.4, -0.2) is 24.0 Å². The predicted octanol–water partition coefficient (Wildman–Crippen LogP) is 0.00280. The van der Waals surface area contributed by atoms with Crippen molar-refractivity contribution in [2.75, 3.05) is 0 Å². The first-order chi connectivity index (χ1) is 5.79. The summed E-state index contributed by atoms with van der Waals surface area (Å²) in [6, 6.07) is 0.394. The molecule has 1 aliphatic heterocycles. The minimum absolute atomic E-state index is 0.0284. The van der Waals surface area contributed by atoms with Gasteiger partial charge in [-0.2, -0.15) is 0 Å². The average molecular weight is 167 g/mol. The zero-order valence-corrected chi connectivity index (χ0v) is 7.13. The van der Waals surface area contributed by atoms with Crippen LogP contribution in [0.3, 0.4) is 0 Å². The Labute approximate surface area is 71.4 Å². The summed E-state index contributed by atoms with van der Waals surface area (Å²) in [4.78, 5) is 15.4. The standard InChI is InChI=1S/C8H13N3O/c1-2-6-7(12)11-8(10-6)9-5-3-4-5/h5-6H,2-4H2,1H3,(H2,9,10,11,12). The fraction of sp³-hybridized carbons (Fsp3) is 0.750. The number of hydrogen-bond donors (Lipinski definition) is 2. The Morgan fingerprint density at radius 3 is 2.92 bits per heavy atom. The van der Waals surface area contributed by atoms with Crippen molar-refractivity contribution in [1.29, 1.82) is 0 Å². The van der Waals surface area contributed by atoms with Gasteiger partial charge in [-0.3, -0.25) is 10.1 Å². The summed E-state index contributed by atoms with van der Waals surface area (Å²) in [5.74, 6) is 0.704. The second-order valence-electron chi connectivity index (χ2n) is 3.31. The molecule has 1 saturated carbocycles. The van der Waals surface area contributed by atoms with Gasteiger partial charge < -0.3 is 5.32 Å². The molecule has 4 nitrogen and oxygen atoms in total. The van der Waals surface area contributed by atoms with E-state index in [1.54, 1.807) is 0 Å². The molecule has 1 amide bonds. The number of carbonyl (C=O) groups is 1. The molecule has 2 N–H and O–H groups in total. The van der Waals surface area contributed by atoms with Crippen LogP contribution in [0.15, 0.2) is 4.99 Å². The summed E-state index contributed by atoms with van der Waals surface area (Å²) in [6.45, 7) is 1.97. The highest BCUT2D eigenvalue weighted by atomic mass is 16.2. The lowest BCUT2D eigenvalue weighted by Crippen LogP contribution is -2.38. The van der Waals surface area contributed by atoms with Crippen molar-refractivity contribution in [1.82, 2.24) is 10.6 Å². The van der Waals surface area contributed by atoms with Gasteiger partial charge in [0.2, 0.25) is 0 Å². The minimum Gasteiger partial charge on any atom is -0.353 e. The third-order valence-electron chi connectivity index (χ3n) is 2.13. The van der Waals surface area contributed by atoms with Gasteiger partial charge in [0, 0.05) is 6.04 Å². The zero-order chi connectivity index (χ0) is 8.55. The number of amides is 1. The van der Waals surface area contributed by atoms with Gasteiger partial charge >= 0.3 is 0 Å². The molecule has 0 radical (unpaired) electrons. The van der Waals surface area contributed by atoms with Gasteiger partial charge in [-0.25, -0.2) is 4.99 Å². The number of hydrogen-bond acceptors (Lipinski definition) is 3. The molecule has 1 aliphatic carbocycles. The molecule has 12 heavy (non-hydrogen) atoms. The van der Waals surface area contributed by atoms with E-state index in [9.17, 15) is 4.79 Å². The lowest BCUT2D eigenvalue weighted by molar-refractivity contribution is -0.120. The van der Waals surface area contributed by atoms with E-state index in [0.29, 0.717) is 12.0 Å². The second-order valence-corrected chi connectivity index (χ2v) is 3.31. The first-order valence-electron chi connectivity index (χ1n) is 4.45. The van der Waals surface area contributed by atoms with Crippen molar-refractivity contribution >= 4 is 11.9 Å². The number of carbonyl (C=O) groups excluding carboxylic acids is 1. The number of nitrogens with one attached hydrogen (secondary N) is 2. The lowest BCUT2D eigenvalue weighted by atomic mass is 10.2. The van der Waals surface area contributed by atoms with Crippen LogP contribution in [0.5, 0.6) is 0 Å². The van der Waals surface area contributed by atoms with E-state index in [4.69, 9.17) is 0 Å². The van der Waals surface area contributed by atoms with Gasteiger partial charge in [0.15, 0.2) is 5.96 Å². The summed E-state index contributed by atoms with van der Waals surface area (Å²) in [5.41, 5.74) is 0. The molecule has 0 aromatic rings. The van der Waals surface area contributed by atoms with Crippen LogP contribution in [0, 0.1) is 0 Å². The summed E-state index contributed by atoms with van der Waals surface area (Å²) in [6.07, 6.45) is 3.18. The van der Waals surface area contributed by atoms with Crippen molar-refractivity contribution in [2.45, 2.75) is 38.3 Å². The molecular formula is C8H13N3O. The molecule has 2 rings (SSSR count). The zero-order valence-electron chi connectivity index (χ0n) is 7.13. The Morgan fingerprint density at radius 1 is 1.67 bits per heavy atom. The average Bonchev–Trinajstić information content (AvgIpc) is 2.76. The fourth-order valence-corrected chi connectivity index (χ4v) is 1.22. The highest BCUT2D eigenvalue weighted by Gasteiger charge is 2.28. The van der Waals surface area contributed by atoms with Crippen LogP contribution in [0.2, 0.25) is 0 Å². The molecule has 0 aromatic heterocycles. The Bertz CT molecular complexity index is 232. The molecule has 0 aromatic carbocycles. The topological polar surface area (TPSA) is 53.5 Å². The Kier molecular flexibility index (Phi) is 1.75. The van der Waals surface area contributed by atoms with Gasteiger partial charge in [-0.15, -0.1) is 0 Å². The lowest BCUT2D eigenvalue weighted by Gasteiger charge is -2.01. The highest BCUT2D eigenvalue weighted by molar-refractivity contribution is 6.04. The Morgan fingerprint density at radius 2 is 2.42 bits per heavy atom. The molecule has 2 aliphatic rings. The van der Waals surface area contributed by atoms with E-state index in [-0.39, 0.29) is 11.9 Å². The van der Waals surface area contributed by atoms with Crippen LogP contribution < -0.4 is 10.6 Å². The first-order valence-corrected chi connectivity index (χ1v) is 4.45. The maximum atomic E-state index is 11.2. The first kappa shape index (κ1) is 7.58.